The molecule has 0 unspecified atom stereocenters. The number of nitrogens with two attached hydrogens (primary N) is 3. The summed E-state index contributed by atoms with van der Waals surface area (Å²) in [5.41, 5.74) is 17.4. The maximum atomic E-state index is 14.9. The molecule has 3 heterocycles. The lowest BCUT2D eigenvalue weighted by Gasteiger charge is -2.32. The van der Waals surface area contributed by atoms with E-state index in [1.807, 2.05) is 16.0 Å². The molecule has 2 saturated heterocycles. The van der Waals surface area contributed by atoms with E-state index < -0.39 is 366 Å². The van der Waals surface area contributed by atoms with Gasteiger partial charge in [0, 0.05) is 45.0 Å². The van der Waals surface area contributed by atoms with Gasteiger partial charge in [0.25, 0.3) is 0 Å². The van der Waals surface area contributed by atoms with Crippen molar-refractivity contribution in [1.82, 2.24) is 110 Å². The van der Waals surface area contributed by atoms with E-state index in [0.29, 0.717) is 5.69 Å². The van der Waals surface area contributed by atoms with Crippen LogP contribution in [0.25, 0.3) is 0 Å². The number of rotatable bonds is 64. The van der Waals surface area contributed by atoms with Gasteiger partial charge >= 0.3 is 17.9 Å². The third-order valence-corrected chi connectivity index (χ3v) is 23.4. The molecule has 0 spiro atoms. The summed E-state index contributed by atoms with van der Waals surface area (Å²) in [5.74, 6) is -31.8. The number of benzene rings is 1. The first kappa shape index (κ1) is 123. The highest BCUT2D eigenvalue weighted by Gasteiger charge is 2.46. The molecular formula is C87H134N24O35. The Hall–Kier alpha value is -14.8. The van der Waals surface area contributed by atoms with Crippen LogP contribution < -0.4 is 108 Å². The van der Waals surface area contributed by atoms with Crippen molar-refractivity contribution >= 4 is 142 Å². The van der Waals surface area contributed by atoms with Crippen LogP contribution in [-0.2, 0) is 128 Å². The van der Waals surface area contributed by atoms with E-state index in [2.05, 4.69) is 84.4 Å². The highest BCUT2D eigenvalue weighted by molar-refractivity contribution is 6.03. The highest BCUT2D eigenvalue weighted by Crippen LogP contribution is 2.24. The largest absolute Gasteiger partial charge is 0.508 e. The second kappa shape index (κ2) is 61.4. The summed E-state index contributed by atoms with van der Waals surface area (Å²) in [7, 11) is 0. The number of hydrogen-bond donors (Lipinski definition) is 32. The minimum atomic E-state index is -2.21. The van der Waals surface area contributed by atoms with Gasteiger partial charge in [-0.2, -0.15) is 0 Å². The number of imidazole rings is 1. The van der Waals surface area contributed by atoms with Crippen molar-refractivity contribution in [2.24, 2.45) is 35.0 Å². The molecule has 35 N–H and O–H groups in total. The van der Waals surface area contributed by atoms with Crippen LogP contribution in [0.5, 0.6) is 5.75 Å². The number of nitrogens with one attached hydrogen (secondary N) is 18. The van der Waals surface area contributed by atoms with Gasteiger partial charge in [-0.15, -0.1) is 0 Å². The number of aliphatic hydroxyl groups is 7. The summed E-state index contributed by atoms with van der Waals surface area (Å²) in [5, 5.41) is 149. The number of carbonyl (C=O) groups excluding carboxylic acids is 21. The average Bonchev–Trinajstić information content (AvgIpc) is 1.66. The molecule has 2 aromatic rings. The molecule has 21 atom stereocenters. The summed E-state index contributed by atoms with van der Waals surface area (Å²) in [6, 6.07) is -28.7. The lowest BCUT2D eigenvalue weighted by Crippen LogP contribution is -2.63. The molecule has 2 fully saturated rings. The molecule has 1 aromatic carbocycles. The molecule has 0 radical (unpaired) electrons. The summed E-state index contributed by atoms with van der Waals surface area (Å²) < 4.78 is 0. The molecule has 812 valence electrons. The number of carboxylic acids is 3. The van der Waals surface area contributed by atoms with Gasteiger partial charge in [-0.25, -0.2) is 9.78 Å². The van der Waals surface area contributed by atoms with E-state index in [9.17, 15) is 166 Å². The Morgan fingerprint density at radius 3 is 1.19 bits per heavy atom. The zero-order valence-corrected chi connectivity index (χ0v) is 81.1. The predicted molar refractivity (Wildman–Crippen MR) is 498 cm³/mol. The lowest BCUT2D eigenvalue weighted by atomic mass is 9.94. The Labute approximate surface area is 834 Å². The number of aliphatic hydroxyl groups excluding tert-OH is 7. The zero-order valence-electron chi connectivity index (χ0n) is 81.1. The minimum absolute atomic E-state index is 0.0119. The van der Waals surface area contributed by atoms with Crippen molar-refractivity contribution in [3.05, 3.63) is 48.0 Å². The van der Waals surface area contributed by atoms with Crippen molar-refractivity contribution in [3.8, 4) is 5.75 Å². The van der Waals surface area contributed by atoms with Gasteiger partial charge in [0.05, 0.1) is 83.7 Å². The number of phenolic OH excluding ortho intramolecular Hbond substituents is 1. The normalized spacial score (nSPS) is 17.2. The molecular weight excluding hydrogens is 1940 g/mol. The molecule has 0 aliphatic carbocycles. The van der Waals surface area contributed by atoms with Crippen LogP contribution in [0.4, 0.5) is 0 Å². The second-order valence-electron chi connectivity index (χ2n) is 35.1. The second-order valence-corrected chi connectivity index (χ2v) is 35.1. The number of aromatic hydroxyl groups is 1. The smallest absolute Gasteiger partial charge is 0.326 e. The highest BCUT2D eigenvalue weighted by atomic mass is 16.4. The summed E-state index contributed by atoms with van der Waals surface area (Å²) in [6.07, 6.45) is -2.13. The van der Waals surface area contributed by atoms with Crippen LogP contribution in [0, 0.1) is 17.8 Å². The fourth-order valence-electron chi connectivity index (χ4n) is 14.8. The monoisotopic (exact) mass is 2070 g/mol. The van der Waals surface area contributed by atoms with E-state index in [1.165, 1.54) is 50.6 Å². The van der Waals surface area contributed by atoms with Crippen LogP contribution in [-0.4, -0.2) is 399 Å². The van der Waals surface area contributed by atoms with E-state index in [-0.39, 0.29) is 81.7 Å². The standard InChI is InChI=1S/C87H134N24O35/c1-8-40(5)67(83(141)107-58(36-117)77(135)100-51(28-66(125)126)73(131)103-56(34-115)79(137)104-54(32-113)74(132)94-42(7)69(127)98-49(24-39(3)4)71(129)97-48(87(145)146)19-21-65(123)124)109-84(142)68(41(6)9-2)108-80(138)59(37-118)106-82(140)61-13-11-23-111(61)86(144)52(25-43-14-16-45(119)17-15-43)101-78(136)55(33-114)102-72(130)50(27-63(90)121)99-76(134)57(35-116)105-81(139)60-12-10-22-110(60)85(143)47(18-20-62(89)120)96-75(133)53(31-112)95-64(122)30-92-70(128)46(88)26-44-29-91-38-93-44/h14-17,29,38-42,46-61,67-68,112-119H,8-13,18-28,30-37,88H2,1-7H3,(H2,89,120)(H2,90,121)(H,91,93)(H,92,128)(H,94,132)(H,95,122)(H,96,133)(H,97,129)(H,98,127)(H,99,134)(H,100,135)(H,101,136)(H,102,130)(H,103,131)(H,104,137)(H,105,139)(H,106,140)(H,107,141)(H,108,138)(H,109,142)(H,123,124)(H,125,126)(H,145,146)/t40-,41-,42-,46-,47-,48-,49-,50-,51-,52-,53-,54-,55-,56-,57-,58-,59-,60-,61-,67-,68-/m0/s1. The molecule has 0 saturated carbocycles. The number of aromatic amines is 1. The van der Waals surface area contributed by atoms with Gasteiger partial charge in [-0.05, 0) is 87.3 Å². The van der Waals surface area contributed by atoms with Crippen molar-refractivity contribution in [3.63, 3.8) is 0 Å². The zero-order chi connectivity index (χ0) is 110. The number of phenols is 1. The van der Waals surface area contributed by atoms with Crippen LogP contribution in [0.3, 0.4) is 0 Å². The molecule has 146 heavy (non-hydrogen) atoms. The maximum absolute atomic E-state index is 14.9. The first-order valence-electron chi connectivity index (χ1n) is 46.6. The molecule has 1 aromatic heterocycles. The number of primary amides is 2. The Balaban J connectivity index is 1.46. The molecule has 59 heteroatoms. The molecule has 2 aliphatic rings. The van der Waals surface area contributed by atoms with Gasteiger partial charge in [0.2, 0.25) is 124 Å². The van der Waals surface area contributed by atoms with Gasteiger partial charge in [-0.1, -0.05) is 66.5 Å². The van der Waals surface area contributed by atoms with E-state index >= 15 is 0 Å². The number of amides is 21. The summed E-state index contributed by atoms with van der Waals surface area (Å²) >= 11 is 0. The number of carbonyl (C=O) groups is 24. The Bertz CT molecular complexity index is 4900. The fourth-order valence-corrected chi connectivity index (χ4v) is 14.8. The Morgan fingerprint density at radius 1 is 0.404 bits per heavy atom. The molecule has 59 nitrogen and oxygen atoms in total. The van der Waals surface area contributed by atoms with E-state index in [4.69, 9.17) is 22.3 Å². The number of aromatic nitrogens is 2. The molecule has 0 bridgehead atoms. The average molecular weight is 2080 g/mol. The molecule has 21 amide bonds. The van der Waals surface area contributed by atoms with Gasteiger partial charge in [0.1, 0.15) is 115 Å². The number of H-pyrrole nitrogens is 1. The van der Waals surface area contributed by atoms with Gasteiger partial charge < -0.3 is 179 Å². The quantitative estimate of drug-likeness (QED) is 0.0292. The fraction of sp³-hybridized carbons (Fsp3) is 0.621. The van der Waals surface area contributed by atoms with Crippen molar-refractivity contribution in [2.75, 3.05) is 65.9 Å². The number of nitrogens with zero attached hydrogens (tertiary/aromatic N) is 3. The molecule has 2 aliphatic heterocycles. The summed E-state index contributed by atoms with van der Waals surface area (Å²) in [6.45, 7) is 0.756. The SMILES string of the molecule is CC[C@H](C)[C@H](NC(=O)[C@H](CO)NC(=O)[C@@H]1CCCN1C(=O)[C@H](Cc1ccc(O)cc1)NC(=O)[C@H](CO)NC(=O)[C@H](CC(N)=O)NC(=O)[C@H](CO)NC(=O)[C@@H]1CCCN1C(=O)[C@H](CCC(N)=O)NC(=O)[C@H](CO)NC(=O)CNC(=O)[C@@H](N)Cc1c[nH]cn1)C(=O)N[C@H](C(=O)N[C@@H](CO)C(=O)N[C@@H](CC(=O)O)C(=O)N[C@@H](CO)C(=O)N[C@@H](CO)C(=O)N[C@@H](C)C(=O)N[C@@H](CC(C)C)C(=O)N[C@@H](CCC(=O)O)C(=O)O)[C@@H](C)CC. The third kappa shape index (κ3) is 39.7. The number of aliphatic carboxylic acids is 3. The first-order valence-corrected chi connectivity index (χ1v) is 46.6. The van der Waals surface area contributed by atoms with Crippen molar-refractivity contribution < 1.29 is 171 Å². The lowest BCUT2D eigenvalue weighted by molar-refractivity contribution is -0.144. The van der Waals surface area contributed by atoms with E-state index in [1.54, 1.807) is 27.7 Å². The number of hydrogen-bond acceptors (Lipinski definition) is 34. The van der Waals surface area contributed by atoms with Crippen LogP contribution >= 0.6 is 0 Å². The first-order chi connectivity index (χ1) is 68.8. The number of carboxylic acid groups (broad SMARTS) is 3. The van der Waals surface area contributed by atoms with Crippen molar-refractivity contribution in [1.29, 1.82) is 0 Å². The molecule has 4 rings (SSSR count). The maximum Gasteiger partial charge on any atom is 0.326 e. The number of likely N-dealkylation sites (tertiary alicyclic amines) is 2. The third-order valence-electron chi connectivity index (χ3n) is 23.4. The van der Waals surface area contributed by atoms with Gasteiger partial charge in [-0.3, -0.25) is 110 Å². The minimum Gasteiger partial charge on any atom is -0.508 e. The Morgan fingerprint density at radius 2 is 0.774 bits per heavy atom. The van der Waals surface area contributed by atoms with Crippen LogP contribution in [0.15, 0.2) is 36.8 Å². The Kier molecular flexibility index (Phi) is 51.9. The predicted octanol–water partition coefficient (Wildman–Crippen LogP) is -15.2. The summed E-state index contributed by atoms with van der Waals surface area (Å²) in [4.78, 5) is 331. The van der Waals surface area contributed by atoms with Crippen LogP contribution in [0.1, 0.15) is 143 Å². The van der Waals surface area contributed by atoms with Crippen LogP contribution in [0.2, 0.25) is 0 Å². The topological polar surface area (TPSA) is 950 Å². The van der Waals surface area contributed by atoms with Gasteiger partial charge in [0.15, 0.2) is 0 Å². The van der Waals surface area contributed by atoms with E-state index in [0.717, 1.165) is 16.7 Å². The van der Waals surface area contributed by atoms with Crippen molar-refractivity contribution in [2.45, 2.75) is 260 Å².